The summed E-state index contributed by atoms with van der Waals surface area (Å²) >= 11 is 0. The SMILES string of the molecule is CNC(c1cc(C)cc(C)c1OC)C(O)CN. The first-order valence-corrected chi connectivity index (χ1v) is 5.75. The van der Waals surface area contributed by atoms with Crippen molar-refractivity contribution in [3.05, 3.63) is 28.8 Å². The Labute approximate surface area is 103 Å². The molecule has 0 saturated heterocycles. The van der Waals surface area contributed by atoms with Crippen LogP contribution in [0, 0.1) is 13.8 Å². The molecule has 96 valence electrons. The van der Waals surface area contributed by atoms with Crippen molar-refractivity contribution in [2.75, 3.05) is 20.7 Å². The van der Waals surface area contributed by atoms with Crippen molar-refractivity contribution in [1.82, 2.24) is 5.32 Å². The van der Waals surface area contributed by atoms with Crippen LogP contribution in [0.3, 0.4) is 0 Å². The third-order valence-corrected chi connectivity index (χ3v) is 2.92. The van der Waals surface area contributed by atoms with E-state index in [0.717, 1.165) is 22.4 Å². The molecule has 0 heterocycles. The molecule has 1 aromatic rings. The highest BCUT2D eigenvalue weighted by Gasteiger charge is 2.22. The number of nitrogens with one attached hydrogen (secondary N) is 1. The van der Waals surface area contributed by atoms with Crippen LogP contribution in [0.15, 0.2) is 12.1 Å². The van der Waals surface area contributed by atoms with Crippen molar-refractivity contribution in [2.45, 2.75) is 26.0 Å². The molecule has 0 aromatic heterocycles. The number of hydrogen-bond acceptors (Lipinski definition) is 4. The van der Waals surface area contributed by atoms with Crippen LogP contribution in [-0.4, -0.2) is 31.9 Å². The zero-order valence-electron chi connectivity index (χ0n) is 10.9. The van der Waals surface area contributed by atoms with Crippen LogP contribution in [0.5, 0.6) is 5.75 Å². The molecule has 0 amide bonds. The number of hydrogen-bond donors (Lipinski definition) is 3. The molecule has 0 aliphatic rings. The summed E-state index contributed by atoms with van der Waals surface area (Å²) < 4.78 is 5.42. The smallest absolute Gasteiger partial charge is 0.126 e. The first-order valence-electron chi connectivity index (χ1n) is 5.75. The molecule has 0 aliphatic carbocycles. The Kier molecular flexibility index (Phi) is 4.93. The maximum Gasteiger partial charge on any atom is 0.126 e. The Balaban J connectivity index is 3.26. The molecule has 2 unspecified atom stereocenters. The van der Waals surface area contributed by atoms with E-state index >= 15 is 0 Å². The second-order valence-electron chi connectivity index (χ2n) is 4.27. The van der Waals surface area contributed by atoms with Gasteiger partial charge in [0.15, 0.2) is 0 Å². The lowest BCUT2D eigenvalue weighted by Crippen LogP contribution is -2.35. The Morgan fingerprint density at radius 3 is 2.53 bits per heavy atom. The van der Waals surface area contributed by atoms with Gasteiger partial charge < -0.3 is 20.9 Å². The summed E-state index contributed by atoms with van der Waals surface area (Å²) in [6, 6.07) is 3.86. The van der Waals surface area contributed by atoms with E-state index in [2.05, 4.69) is 11.4 Å². The molecule has 0 aliphatic heterocycles. The Bertz CT molecular complexity index is 380. The Morgan fingerprint density at radius 1 is 1.41 bits per heavy atom. The van der Waals surface area contributed by atoms with Gasteiger partial charge in [0.1, 0.15) is 5.75 Å². The summed E-state index contributed by atoms with van der Waals surface area (Å²) in [5, 5.41) is 13.0. The minimum absolute atomic E-state index is 0.210. The topological polar surface area (TPSA) is 67.5 Å². The molecule has 0 fully saturated rings. The Morgan fingerprint density at radius 2 is 2.06 bits per heavy atom. The summed E-state index contributed by atoms with van der Waals surface area (Å²) in [6.07, 6.45) is -0.630. The van der Waals surface area contributed by atoms with Gasteiger partial charge in [-0.3, -0.25) is 0 Å². The van der Waals surface area contributed by atoms with E-state index in [1.807, 2.05) is 19.9 Å². The van der Waals surface area contributed by atoms with Gasteiger partial charge in [-0.25, -0.2) is 0 Å². The van der Waals surface area contributed by atoms with Crippen molar-refractivity contribution in [2.24, 2.45) is 5.73 Å². The number of nitrogens with two attached hydrogens (primary N) is 1. The number of ether oxygens (including phenoxy) is 1. The monoisotopic (exact) mass is 238 g/mol. The lowest BCUT2D eigenvalue weighted by atomic mass is 9.96. The van der Waals surface area contributed by atoms with E-state index in [9.17, 15) is 5.11 Å². The van der Waals surface area contributed by atoms with Crippen molar-refractivity contribution in [1.29, 1.82) is 0 Å². The molecule has 4 nitrogen and oxygen atoms in total. The van der Waals surface area contributed by atoms with E-state index in [1.165, 1.54) is 0 Å². The highest BCUT2D eigenvalue weighted by atomic mass is 16.5. The molecule has 17 heavy (non-hydrogen) atoms. The van der Waals surface area contributed by atoms with Crippen LogP contribution in [0.2, 0.25) is 0 Å². The average molecular weight is 238 g/mol. The predicted octanol–water partition coefficient (Wildman–Crippen LogP) is 0.892. The van der Waals surface area contributed by atoms with E-state index in [4.69, 9.17) is 10.5 Å². The zero-order chi connectivity index (χ0) is 13.0. The molecule has 1 rings (SSSR count). The van der Waals surface area contributed by atoms with Crippen LogP contribution in [0.4, 0.5) is 0 Å². The summed E-state index contributed by atoms with van der Waals surface area (Å²) in [5.74, 6) is 0.808. The number of aryl methyl sites for hydroxylation is 2. The predicted molar refractivity (Wildman–Crippen MR) is 69.3 cm³/mol. The fraction of sp³-hybridized carbons (Fsp3) is 0.538. The van der Waals surface area contributed by atoms with Gasteiger partial charge in [0.05, 0.1) is 19.3 Å². The zero-order valence-corrected chi connectivity index (χ0v) is 10.9. The molecule has 2 atom stereocenters. The standard InChI is InChI=1S/C13H22N2O2/c1-8-5-9(2)13(17-4)10(6-8)12(15-3)11(16)7-14/h5-6,11-12,15-16H,7,14H2,1-4H3. The summed E-state index contributed by atoms with van der Waals surface area (Å²) in [6.45, 7) is 4.23. The maximum atomic E-state index is 9.93. The number of aliphatic hydroxyl groups excluding tert-OH is 1. The minimum Gasteiger partial charge on any atom is -0.496 e. The van der Waals surface area contributed by atoms with Gasteiger partial charge in [0.2, 0.25) is 0 Å². The summed E-state index contributed by atoms with van der Waals surface area (Å²) in [5.41, 5.74) is 8.68. The highest BCUT2D eigenvalue weighted by Crippen LogP contribution is 2.31. The lowest BCUT2D eigenvalue weighted by molar-refractivity contribution is 0.137. The number of rotatable bonds is 5. The van der Waals surface area contributed by atoms with E-state index in [1.54, 1.807) is 14.2 Å². The molecule has 0 bridgehead atoms. The van der Waals surface area contributed by atoms with Crippen molar-refractivity contribution in [3.8, 4) is 5.75 Å². The molecular weight excluding hydrogens is 216 g/mol. The van der Waals surface area contributed by atoms with Crippen LogP contribution in [0.25, 0.3) is 0 Å². The number of likely N-dealkylation sites (N-methyl/N-ethyl adjacent to an activating group) is 1. The van der Waals surface area contributed by atoms with E-state index in [-0.39, 0.29) is 12.6 Å². The molecular formula is C13H22N2O2. The first kappa shape index (κ1) is 14.0. The number of benzene rings is 1. The van der Waals surface area contributed by atoms with E-state index < -0.39 is 6.10 Å². The minimum atomic E-state index is -0.630. The van der Waals surface area contributed by atoms with Crippen LogP contribution in [0.1, 0.15) is 22.7 Å². The summed E-state index contributed by atoms with van der Waals surface area (Å²) in [7, 11) is 3.45. The maximum absolute atomic E-state index is 9.93. The Hall–Kier alpha value is -1.10. The lowest BCUT2D eigenvalue weighted by Gasteiger charge is -2.25. The molecule has 0 spiro atoms. The van der Waals surface area contributed by atoms with Crippen LogP contribution >= 0.6 is 0 Å². The fourth-order valence-corrected chi connectivity index (χ4v) is 2.19. The molecule has 4 N–H and O–H groups in total. The summed E-state index contributed by atoms with van der Waals surface area (Å²) in [4.78, 5) is 0. The number of methoxy groups -OCH3 is 1. The van der Waals surface area contributed by atoms with E-state index in [0.29, 0.717) is 0 Å². The van der Waals surface area contributed by atoms with Gasteiger partial charge >= 0.3 is 0 Å². The largest absolute Gasteiger partial charge is 0.496 e. The highest BCUT2D eigenvalue weighted by molar-refractivity contribution is 5.46. The molecule has 0 radical (unpaired) electrons. The second-order valence-corrected chi connectivity index (χ2v) is 4.27. The second kappa shape index (κ2) is 6.00. The molecule has 1 aromatic carbocycles. The molecule has 0 saturated carbocycles. The normalized spacial score (nSPS) is 14.5. The van der Waals surface area contributed by atoms with Gasteiger partial charge in [-0.1, -0.05) is 17.7 Å². The first-order chi connectivity index (χ1) is 8.04. The fourth-order valence-electron chi connectivity index (χ4n) is 2.19. The van der Waals surface area contributed by atoms with Gasteiger partial charge in [-0.2, -0.15) is 0 Å². The number of aliphatic hydroxyl groups is 1. The molecule has 4 heteroatoms. The van der Waals surface area contributed by atoms with Crippen LogP contribution in [-0.2, 0) is 0 Å². The quantitative estimate of drug-likeness (QED) is 0.713. The average Bonchev–Trinajstić information content (AvgIpc) is 2.29. The van der Waals surface area contributed by atoms with Gasteiger partial charge in [-0.05, 0) is 26.5 Å². The third-order valence-electron chi connectivity index (χ3n) is 2.92. The van der Waals surface area contributed by atoms with Gasteiger partial charge in [0, 0.05) is 12.1 Å². The van der Waals surface area contributed by atoms with Crippen molar-refractivity contribution < 1.29 is 9.84 Å². The van der Waals surface area contributed by atoms with Crippen molar-refractivity contribution in [3.63, 3.8) is 0 Å². The van der Waals surface area contributed by atoms with Crippen LogP contribution < -0.4 is 15.8 Å². The third kappa shape index (κ3) is 2.97. The van der Waals surface area contributed by atoms with Gasteiger partial charge in [-0.15, -0.1) is 0 Å². The van der Waals surface area contributed by atoms with Crippen molar-refractivity contribution >= 4 is 0 Å². The van der Waals surface area contributed by atoms with Gasteiger partial charge in [0.25, 0.3) is 0 Å².